The van der Waals surface area contributed by atoms with Crippen LogP contribution in [0.1, 0.15) is 5.56 Å². The van der Waals surface area contributed by atoms with Crippen molar-refractivity contribution in [2.75, 3.05) is 0 Å². The number of H-pyrrole nitrogens is 1. The second-order valence-electron chi connectivity index (χ2n) is 5.25. The SMILES string of the molecule is Cc1cn(-c2ccccc2)c2cc(-c3n[nH]c(=S)n3C)sc12. The topological polar surface area (TPSA) is 38.5 Å². The molecule has 3 aromatic heterocycles. The first-order chi connectivity index (χ1) is 10.6. The number of aromatic nitrogens is 4. The van der Waals surface area contributed by atoms with Gasteiger partial charge in [-0.2, -0.15) is 5.10 Å². The molecule has 0 bridgehead atoms. The van der Waals surface area contributed by atoms with E-state index < -0.39 is 0 Å². The molecule has 0 saturated heterocycles. The van der Waals surface area contributed by atoms with E-state index in [1.807, 2.05) is 17.7 Å². The molecule has 3 heterocycles. The van der Waals surface area contributed by atoms with Gasteiger partial charge in [0.2, 0.25) is 0 Å². The van der Waals surface area contributed by atoms with Gasteiger partial charge in [0.15, 0.2) is 10.6 Å². The molecule has 0 aliphatic heterocycles. The molecule has 1 aromatic carbocycles. The van der Waals surface area contributed by atoms with Gasteiger partial charge in [0, 0.05) is 18.9 Å². The zero-order chi connectivity index (χ0) is 15.3. The molecule has 1 N–H and O–H groups in total. The van der Waals surface area contributed by atoms with E-state index in [1.54, 1.807) is 11.3 Å². The summed E-state index contributed by atoms with van der Waals surface area (Å²) in [6.07, 6.45) is 2.18. The molecule has 6 heteroatoms. The predicted octanol–water partition coefficient (Wildman–Crippen LogP) is 4.46. The van der Waals surface area contributed by atoms with Crippen LogP contribution in [0.5, 0.6) is 0 Å². The highest BCUT2D eigenvalue weighted by molar-refractivity contribution is 7.71. The fourth-order valence-corrected chi connectivity index (χ4v) is 3.92. The van der Waals surface area contributed by atoms with E-state index >= 15 is 0 Å². The number of benzene rings is 1. The smallest absolute Gasteiger partial charge is 0.195 e. The van der Waals surface area contributed by atoms with Crippen LogP contribution in [0.3, 0.4) is 0 Å². The lowest BCUT2D eigenvalue weighted by molar-refractivity contribution is 0.904. The largest absolute Gasteiger partial charge is 0.315 e. The van der Waals surface area contributed by atoms with Crippen molar-refractivity contribution < 1.29 is 0 Å². The highest BCUT2D eigenvalue weighted by atomic mass is 32.1. The van der Waals surface area contributed by atoms with Crippen LogP contribution in [0.4, 0.5) is 0 Å². The molecular weight excluding hydrogens is 312 g/mol. The second kappa shape index (κ2) is 4.93. The van der Waals surface area contributed by atoms with Crippen LogP contribution >= 0.6 is 23.6 Å². The summed E-state index contributed by atoms with van der Waals surface area (Å²) in [6, 6.07) is 12.6. The summed E-state index contributed by atoms with van der Waals surface area (Å²) in [5.74, 6) is 0.880. The maximum Gasteiger partial charge on any atom is 0.195 e. The zero-order valence-corrected chi connectivity index (χ0v) is 13.8. The lowest BCUT2D eigenvalue weighted by atomic mass is 10.3. The van der Waals surface area contributed by atoms with Crippen LogP contribution < -0.4 is 0 Å². The third-order valence-electron chi connectivity index (χ3n) is 3.79. The third-order valence-corrected chi connectivity index (χ3v) is 5.41. The normalized spacial score (nSPS) is 11.4. The molecule has 0 aliphatic rings. The Kier molecular flexibility index (Phi) is 3.02. The number of fused-ring (bicyclic) bond motifs is 1. The molecule has 0 aliphatic carbocycles. The quantitative estimate of drug-likeness (QED) is 0.552. The molecule has 110 valence electrons. The molecule has 0 fully saturated rings. The Hall–Kier alpha value is -2.18. The number of para-hydroxylation sites is 1. The molecule has 0 unspecified atom stereocenters. The van der Waals surface area contributed by atoms with Crippen molar-refractivity contribution in [2.24, 2.45) is 7.05 Å². The number of thiophene rings is 1. The number of hydrogen-bond acceptors (Lipinski definition) is 3. The lowest BCUT2D eigenvalue weighted by Crippen LogP contribution is -1.91. The van der Waals surface area contributed by atoms with Crippen LogP contribution in [0.2, 0.25) is 0 Å². The Morgan fingerprint density at radius 3 is 2.68 bits per heavy atom. The summed E-state index contributed by atoms with van der Waals surface area (Å²) >= 11 is 6.96. The first-order valence-electron chi connectivity index (χ1n) is 6.94. The van der Waals surface area contributed by atoms with Gasteiger partial charge < -0.3 is 9.13 Å². The first kappa shape index (κ1) is 13.5. The lowest BCUT2D eigenvalue weighted by Gasteiger charge is -2.03. The Bertz CT molecular complexity index is 1020. The molecule has 4 nitrogen and oxygen atoms in total. The Morgan fingerprint density at radius 1 is 1.23 bits per heavy atom. The van der Waals surface area contributed by atoms with Crippen molar-refractivity contribution in [3.63, 3.8) is 0 Å². The van der Waals surface area contributed by atoms with Crippen molar-refractivity contribution in [1.29, 1.82) is 0 Å². The molecule has 22 heavy (non-hydrogen) atoms. The number of aryl methyl sites for hydroxylation is 1. The van der Waals surface area contributed by atoms with Crippen molar-refractivity contribution in [3.05, 3.63) is 52.9 Å². The Labute approximate surface area is 136 Å². The van der Waals surface area contributed by atoms with E-state index in [4.69, 9.17) is 12.2 Å². The van der Waals surface area contributed by atoms with E-state index in [9.17, 15) is 0 Å². The first-order valence-corrected chi connectivity index (χ1v) is 8.16. The minimum atomic E-state index is 0.635. The maximum atomic E-state index is 5.21. The van der Waals surface area contributed by atoms with Crippen LogP contribution in [0, 0.1) is 11.7 Å². The predicted molar refractivity (Wildman–Crippen MR) is 93.3 cm³/mol. The third kappa shape index (κ3) is 1.95. The molecule has 4 rings (SSSR count). The van der Waals surface area contributed by atoms with Crippen molar-refractivity contribution >= 4 is 33.8 Å². The molecular formula is C16H14N4S2. The maximum absolute atomic E-state index is 5.21. The highest BCUT2D eigenvalue weighted by Crippen LogP contribution is 2.36. The molecule has 0 atom stereocenters. The minimum Gasteiger partial charge on any atom is -0.315 e. The average Bonchev–Trinajstić information content (AvgIpc) is 3.18. The summed E-state index contributed by atoms with van der Waals surface area (Å²) < 4.78 is 6.05. The standard InChI is InChI=1S/C16H14N4S2/c1-10-9-20(11-6-4-3-5-7-11)12-8-13(22-14(10)12)15-17-18-16(21)19(15)2/h3-9H,1-2H3,(H,18,21). The summed E-state index contributed by atoms with van der Waals surface area (Å²) in [4.78, 5) is 1.12. The monoisotopic (exact) mass is 326 g/mol. The van der Waals surface area contributed by atoms with Gasteiger partial charge in [0.25, 0.3) is 0 Å². The Morgan fingerprint density at radius 2 is 2.00 bits per heavy atom. The fourth-order valence-electron chi connectivity index (χ4n) is 2.64. The van der Waals surface area contributed by atoms with E-state index in [0.29, 0.717) is 4.77 Å². The molecule has 4 aromatic rings. The van der Waals surface area contributed by atoms with Gasteiger partial charge >= 0.3 is 0 Å². The van der Waals surface area contributed by atoms with E-state index in [2.05, 4.69) is 58.2 Å². The van der Waals surface area contributed by atoms with Crippen molar-refractivity contribution in [2.45, 2.75) is 6.92 Å². The number of nitrogens with zero attached hydrogens (tertiary/aromatic N) is 3. The van der Waals surface area contributed by atoms with Gasteiger partial charge in [-0.1, -0.05) is 18.2 Å². The summed E-state index contributed by atoms with van der Waals surface area (Å²) in [5.41, 5.74) is 3.64. The van der Waals surface area contributed by atoms with Crippen LogP contribution in [0.25, 0.3) is 26.6 Å². The number of rotatable bonds is 2. The van der Waals surface area contributed by atoms with Crippen LogP contribution in [-0.2, 0) is 7.05 Å². The minimum absolute atomic E-state index is 0.635. The van der Waals surface area contributed by atoms with Crippen molar-refractivity contribution in [1.82, 2.24) is 19.3 Å². The summed E-state index contributed by atoms with van der Waals surface area (Å²) in [5, 5.41) is 7.19. The molecule has 0 radical (unpaired) electrons. The van der Waals surface area contributed by atoms with Gasteiger partial charge in [0.1, 0.15) is 0 Å². The summed E-state index contributed by atoms with van der Waals surface area (Å²) in [6.45, 7) is 2.14. The zero-order valence-electron chi connectivity index (χ0n) is 12.2. The van der Waals surface area contributed by atoms with Gasteiger partial charge in [-0.3, -0.25) is 5.10 Å². The van der Waals surface area contributed by atoms with E-state index in [-0.39, 0.29) is 0 Å². The van der Waals surface area contributed by atoms with Crippen molar-refractivity contribution in [3.8, 4) is 16.4 Å². The fraction of sp³-hybridized carbons (Fsp3) is 0.125. The number of nitrogens with one attached hydrogen (secondary N) is 1. The Balaban J connectivity index is 1.95. The van der Waals surface area contributed by atoms with Gasteiger partial charge in [-0.15, -0.1) is 11.3 Å². The average molecular weight is 326 g/mol. The van der Waals surface area contributed by atoms with E-state index in [0.717, 1.165) is 10.7 Å². The number of hydrogen-bond donors (Lipinski definition) is 1. The molecule has 0 saturated carbocycles. The second-order valence-corrected chi connectivity index (χ2v) is 6.69. The van der Waals surface area contributed by atoms with Crippen LogP contribution in [-0.4, -0.2) is 19.3 Å². The highest BCUT2D eigenvalue weighted by Gasteiger charge is 2.15. The molecule has 0 spiro atoms. The number of aromatic amines is 1. The molecule has 0 amide bonds. The summed E-state index contributed by atoms with van der Waals surface area (Å²) in [7, 11) is 1.93. The van der Waals surface area contributed by atoms with Gasteiger partial charge in [-0.05, 0) is 42.9 Å². The van der Waals surface area contributed by atoms with Gasteiger partial charge in [-0.25, -0.2) is 0 Å². The van der Waals surface area contributed by atoms with Gasteiger partial charge in [0.05, 0.1) is 15.1 Å². The van der Waals surface area contributed by atoms with Crippen LogP contribution in [0.15, 0.2) is 42.6 Å². The van der Waals surface area contributed by atoms with E-state index in [1.165, 1.54) is 21.5 Å².